The molecule has 6 heteroatoms. The van der Waals surface area contributed by atoms with Crippen LogP contribution in [0.25, 0.3) is 0 Å². The van der Waals surface area contributed by atoms with Crippen molar-refractivity contribution in [3.05, 3.63) is 60.2 Å². The van der Waals surface area contributed by atoms with Gasteiger partial charge in [0.15, 0.2) is 0 Å². The first kappa shape index (κ1) is 13.8. The van der Waals surface area contributed by atoms with Crippen LogP contribution in [0.15, 0.2) is 49.1 Å². The van der Waals surface area contributed by atoms with E-state index in [9.17, 15) is 0 Å². The highest BCUT2D eigenvalue weighted by atomic mass is 15.5. The quantitative estimate of drug-likeness (QED) is 0.677. The Morgan fingerprint density at radius 2 is 1.05 bits per heavy atom. The Balaban J connectivity index is 1.38. The fourth-order valence-corrected chi connectivity index (χ4v) is 3.32. The van der Waals surface area contributed by atoms with Gasteiger partial charge in [-0.2, -0.15) is 0 Å². The Morgan fingerprint density at radius 1 is 0.636 bits per heavy atom. The molecule has 0 bridgehead atoms. The van der Waals surface area contributed by atoms with Crippen molar-refractivity contribution in [3.63, 3.8) is 0 Å². The van der Waals surface area contributed by atoms with Gasteiger partial charge in [-0.3, -0.25) is 20.8 Å². The first-order valence-corrected chi connectivity index (χ1v) is 7.72. The van der Waals surface area contributed by atoms with E-state index in [0.29, 0.717) is 24.2 Å². The fraction of sp³-hybridized carbons (Fsp3) is 0.375. The summed E-state index contributed by atoms with van der Waals surface area (Å²) in [6.07, 6.45) is 9.51. The summed E-state index contributed by atoms with van der Waals surface area (Å²) in [7, 11) is 0. The van der Waals surface area contributed by atoms with E-state index in [4.69, 9.17) is 0 Å². The van der Waals surface area contributed by atoms with E-state index in [1.807, 2.05) is 24.8 Å². The van der Waals surface area contributed by atoms with E-state index in [0.717, 1.165) is 12.8 Å². The minimum Gasteiger partial charge on any atom is -0.265 e. The van der Waals surface area contributed by atoms with E-state index in [-0.39, 0.29) is 0 Å². The summed E-state index contributed by atoms with van der Waals surface area (Å²) in [6.45, 7) is 0. The van der Waals surface area contributed by atoms with Crippen molar-refractivity contribution in [2.45, 2.75) is 37.0 Å². The van der Waals surface area contributed by atoms with Gasteiger partial charge in [0, 0.05) is 49.0 Å². The molecule has 0 radical (unpaired) electrons. The molecule has 0 saturated carbocycles. The van der Waals surface area contributed by atoms with Crippen LogP contribution >= 0.6 is 0 Å². The van der Waals surface area contributed by atoms with Crippen LogP contribution in [0.5, 0.6) is 0 Å². The number of nitrogens with one attached hydrogen (secondary N) is 4. The van der Waals surface area contributed by atoms with Crippen molar-refractivity contribution in [3.8, 4) is 0 Å². The van der Waals surface area contributed by atoms with Crippen LogP contribution in [0.3, 0.4) is 0 Å². The zero-order chi connectivity index (χ0) is 14.8. The first-order chi connectivity index (χ1) is 10.9. The van der Waals surface area contributed by atoms with Gasteiger partial charge >= 0.3 is 0 Å². The van der Waals surface area contributed by atoms with Crippen LogP contribution in [0, 0.1) is 0 Å². The van der Waals surface area contributed by atoms with E-state index < -0.39 is 0 Å². The first-order valence-electron chi connectivity index (χ1n) is 7.72. The molecule has 2 fully saturated rings. The molecule has 4 N–H and O–H groups in total. The van der Waals surface area contributed by atoms with E-state index >= 15 is 0 Å². The minimum absolute atomic E-state index is 0.342. The molecule has 4 heterocycles. The standard InChI is InChI=1S/C16H20N6/c1-5-17-6-2-11(1)13-9-15(21-19-13)16-10-14(20-22-16)12-3-7-18-8-4-12/h1-8,13-16,19-22H,9-10H2. The SMILES string of the molecule is c1cc(C2CC(C3CC(c4ccncc4)NN3)NN2)ccn1. The van der Waals surface area contributed by atoms with Gasteiger partial charge in [-0.1, -0.05) is 0 Å². The average Bonchev–Trinajstić information content (AvgIpc) is 3.26. The molecule has 114 valence electrons. The molecule has 2 aromatic heterocycles. The third-order valence-electron chi connectivity index (χ3n) is 4.57. The summed E-state index contributed by atoms with van der Waals surface area (Å²) >= 11 is 0. The van der Waals surface area contributed by atoms with Gasteiger partial charge in [0.2, 0.25) is 0 Å². The largest absolute Gasteiger partial charge is 0.265 e. The molecule has 2 aliphatic heterocycles. The van der Waals surface area contributed by atoms with Crippen LogP contribution in [0.4, 0.5) is 0 Å². The zero-order valence-electron chi connectivity index (χ0n) is 12.2. The van der Waals surface area contributed by atoms with E-state index in [1.54, 1.807) is 0 Å². The molecule has 0 amide bonds. The zero-order valence-corrected chi connectivity index (χ0v) is 12.2. The number of pyridine rings is 2. The Bertz CT molecular complexity index is 549. The Hall–Kier alpha value is -1.86. The number of hydrogen-bond acceptors (Lipinski definition) is 6. The lowest BCUT2D eigenvalue weighted by atomic mass is 9.94. The third kappa shape index (κ3) is 2.74. The average molecular weight is 296 g/mol. The molecule has 0 spiro atoms. The molecule has 6 nitrogen and oxygen atoms in total. The maximum atomic E-state index is 4.08. The molecule has 0 aliphatic carbocycles. The topological polar surface area (TPSA) is 73.9 Å². The number of rotatable bonds is 3. The predicted molar refractivity (Wildman–Crippen MR) is 83.3 cm³/mol. The molecular formula is C16H20N6. The summed E-state index contributed by atoms with van der Waals surface area (Å²) in [5.74, 6) is 0. The molecule has 4 unspecified atom stereocenters. The van der Waals surface area contributed by atoms with Gasteiger partial charge in [-0.05, 0) is 48.2 Å². The van der Waals surface area contributed by atoms with Gasteiger partial charge in [0.05, 0.1) is 0 Å². The number of hydrogen-bond donors (Lipinski definition) is 4. The smallest absolute Gasteiger partial charge is 0.0479 e. The van der Waals surface area contributed by atoms with Crippen molar-refractivity contribution in [1.82, 2.24) is 31.7 Å². The Morgan fingerprint density at radius 3 is 1.45 bits per heavy atom. The van der Waals surface area contributed by atoms with Crippen molar-refractivity contribution >= 4 is 0 Å². The van der Waals surface area contributed by atoms with Gasteiger partial charge < -0.3 is 0 Å². The van der Waals surface area contributed by atoms with Gasteiger partial charge in [-0.25, -0.2) is 10.9 Å². The molecule has 2 aliphatic rings. The summed E-state index contributed by atoms with van der Waals surface area (Å²) in [4.78, 5) is 8.16. The molecule has 22 heavy (non-hydrogen) atoms. The van der Waals surface area contributed by atoms with Crippen LogP contribution in [-0.4, -0.2) is 22.1 Å². The minimum atomic E-state index is 0.342. The number of nitrogens with zero attached hydrogens (tertiary/aromatic N) is 2. The summed E-state index contributed by atoms with van der Waals surface area (Å²) in [5, 5.41) is 0. The van der Waals surface area contributed by atoms with Crippen molar-refractivity contribution in [1.29, 1.82) is 0 Å². The van der Waals surface area contributed by atoms with Crippen LogP contribution in [0.1, 0.15) is 36.1 Å². The Kier molecular flexibility index (Phi) is 3.82. The molecule has 0 aromatic carbocycles. The number of aromatic nitrogens is 2. The predicted octanol–water partition coefficient (Wildman–Crippen LogP) is 0.992. The highest BCUT2D eigenvalue weighted by Crippen LogP contribution is 2.29. The van der Waals surface area contributed by atoms with Gasteiger partial charge in [0.1, 0.15) is 0 Å². The second-order valence-corrected chi connectivity index (χ2v) is 5.93. The van der Waals surface area contributed by atoms with Crippen LogP contribution in [-0.2, 0) is 0 Å². The van der Waals surface area contributed by atoms with Crippen LogP contribution in [0.2, 0.25) is 0 Å². The summed E-state index contributed by atoms with van der Waals surface area (Å²) in [5.41, 5.74) is 16.2. The molecule has 2 saturated heterocycles. The van der Waals surface area contributed by atoms with Crippen molar-refractivity contribution in [2.75, 3.05) is 0 Å². The highest BCUT2D eigenvalue weighted by molar-refractivity contribution is 5.19. The molecule has 2 aromatic rings. The molecule has 4 atom stereocenters. The normalized spacial score (nSPS) is 31.5. The molecule has 4 rings (SSSR count). The van der Waals surface area contributed by atoms with E-state index in [1.165, 1.54) is 11.1 Å². The van der Waals surface area contributed by atoms with Crippen molar-refractivity contribution < 1.29 is 0 Å². The second kappa shape index (κ2) is 6.10. The fourth-order valence-electron chi connectivity index (χ4n) is 3.32. The van der Waals surface area contributed by atoms with Gasteiger partial charge in [-0.15, -0.1) is 0 Å². The molecular weight excluding hydrogens is 276 g/mol. The second-order valence-electron chi connectivity index (χ2n) is 5.93. The lowest BCUT2D eigenvalue weighted by Gasteiger charge is -2.17. The van der Waals surface area contributed by atoms with E-state index in [2.05, 4.69) is 55.9 Å². The maximum Gasteiger partial charge on any atom is 0.0479 e. The lowest BCUT2D eigenvalue weighted by molar-refractivity contribution is 0.414. The lowest BCUT2D eigenvalue weighted by Crippen LogP contribution is -2.45. The maximum absolute atomic E-state index is 4.08. The highest BCUT2D eigenvalue weighted by Gasteiger charge is 2.36. The Labute approximate surface area is 129 Å². The third-order valence-corrected chi connectivity index (χ3v) is 4.57. The summed E-state index contributed by atoms with van der Waals surface area (Å²) in [6, 6.07) is 9.77. The number of hydrazine groups is 2. The van der Waals surface area contributed by atoms with Gasteiger partial charge in [0.25, 0.3) is 0 Å². The monoisotopic (exact) mass is 296 g/mol. The van der Waals surface area contributed by atoms with Crippen LogP contribution < -0.4 is 21.7 Å². The summed E-state index contributed by atoms with van der Waals surface area (Å²) < 4.78 is 0. The van der Waals surface area contributed by atoms with Crippen molar-refractivity contribution in [2.24, 2.45) is 0 Å².